The number of halogens is 3. The molecule has 1 aliphatic carbocycles. The van der Waals surface area contributed by atoms with Crippen LogP contribution in [0.4, 0.5) is 24.7 Å². The molecule has 8 nitrogen and oxygen atoms in total. The molecule has 12 heteroatoms. The third kappa shape index (κ3) is 5.81. The van der Waals surface area contributed by atoms with Crippen molar-refractivity contribution in [3.8, 4) is 17.6 Å². The Morgan fingerprint density at radius 3 is 2.85 bits per heavy atom. The van der Waals surface area contributed by atoms with Crippen molar-refractivity contribution >= 4 is 42.3 Å². The standard InChI is InChI=1S/C27H29F3N6O2Se/c1-31-25(37)17-9-10-19(22(14-17)38-3)32-12-5-6-20-24(39-27(28,29)30)21-7-4-8-23(36(21)34-20)33-26-11-13-35(2)16-18(26)15-26/h4,7-10,14,18,32-33H,11-13,15-16H2,1-3H3,(H,31,37). The van der Waals surface area contributed by atoms with E-state index in [1.165, 1.54) is 7.11 Å². The number of aromatic nitrogens is 2. The summed E-state index contributed by atoms with van der Waals surface area (Å²) in [4.78, 5) is 14.2. The second-order valence-electron chi connectivity index (χ2n) is 9.78. The van der Waals surface area contributed by atoms with Gasteiger partial charge in [0.05, 0.1) is 0 Å². The molecule has 1 aromatic carbocycles. The van der Waals surface area contributed by atoms with E-state index < -0.39 is 20.0 Å². The molecule has 1 saturated carbocycles. The van der Waals surface area contributed by atoms with Gasteiger partial charge in [0.2, 0.25) is 0 Å². The van der Waals surface area contributed by atoms with Gasteiger partial charge in [-0.3, -0.25) is 0 Å². The monoisotopic (exact) mass is 606 g/mol. The predicted molar refractivity (Wildman–Crippen MR) is 145 cm³/mol. The van der Waals surface area contributed by atoms with Crippen LogP contribution in [0.2, 0.25) is 0 Å². The zero-order valence-corrected chi connectivity index (χ0v) is 23.5. The predicted octanol–water partition coefficient (Wildman–Crippen LogP) is 2.52. The minimum atomic E-state index is -4.34. The molecule has 5 rings (SSSR count). The number of piperidine rings is 1. The first-order valence-corrected chi connectivity index (χ1v) is 14.2. The van der Waals surface area contributed by atoms with Gasteiger partial charge in [-0.2, -0.15) is 0 Å². The summed E-state index contributed by atoms with van der Waals surface area (Å²) < 4.78 is 47.8. The number of hydrogen-bond donors (Lipinski definition) is 3. The Hall–Kier alpha value is -3.39. The maximum atomic E-state index is 13.6. The number of fused-ring (bicyclic) bond motifs is 2. The molecule has 206 valence electrons. The number of rotatable bonds is 7. The number of pyridine rings is 1. The third-order valence-electron chi connectivity index (χ3n) is 7.18. The Balaban J connectivity index is 1.40. The quantitative estimate of drug-likeness (QED) is 0.284. The van der Waals surface area contributed by atoms with Gasteiger partial charge < -0.3 is 0 Å². The Morgan fingerprint density at radius 1 is 1.31 bits per heavy atom. The van der Waals surface area contributed by atoms with Gasteiger partial charge in [0.1, 0.15) is 0 Å². The van der Waals surface area contributed by atoms with Gasteiger partial charge in [0.15, 0.2) is 0 Å². The van der Waals surface area contributed by atoms with Gasteiger partial charge in [-0.15, -0.1) is 0 Å². The first-order chi connectivity index (χ1) is 18.6. The summed E-state index contributed by atoms with van der Waals surface area (Å²) in [6, 6.07) is 10.2. The number of likely N-dealkylation sites (tertiary alicyclic amines) is 1. The van der Waals surface area contributed by atoms with E-state index in [1.807, 2.05) is 6.07 Å². The van der Waals surface area contributed by atoms with Crippen LogP contribution in [-0.4, -0.2) is 86.8 Å². The molecule has 1 aliphatic heterocycles. The van der Waals surface area contributed by atoms with Crippen molar-refractivity contribution < 1.29 is 22.7 Å². The Kier molecular flexibility index (Phi) is 7.42. The van der Waals surface area contributed by atoms with E-state index in [2.05, 4.69) is 44.8 Å². The molecular weight excluding hydrogens is 576 g/mol. The fourth-order valence-electron chi connectivity index (χ4n) is 5.09. The van der Waals surface area contributed by atoms with Crippen LogP contribution in [0, 0.1) is 17.8 Å². The Labute approximate surface area is 230 Å². The summed E-state index contributed by atoms with van der Waals surface area (Å²) in [5, 5.41) is 9.46. The molecular formula is C27H29F3N6O2Se. The summed E-state index contributed by atoms with van der Waals surface area (Å²) in [5.74, 6) is 7.18. The minimum absolute atomic E-state index is 0.0236. The average molecular weight is 606 g/mol. The maximum absolute atomic E-state index is 13.6. The number of amides is 1. The molecule has 2 unspecified atom stereocenters. The van der Waals surface area contributed by atoms with Crippen molar-refractivity contribution in [2.45, 2.75) is 23.5 Å². The van der Waals surface area contributed by atoms with Crippen molar-refractivity contribution in [2.24, 2.45) is 5.92 Å². The van der Waals surface area contributed by atoms with Gasteiger partial charge in [-0.05, 0) is 0 Å². The van der Waals surface area contributed by atoms with Crippen molar-refractivity contribution in [1.82, 2.24) is 19.8 Å². The van der Waals surface area contributed by atoms with E-state index in [0.717, 1.165) is 25.9 Å². The average Bonchev–Trinajstić information content (AvgIpc) is 3.50. The number of anilines is 2. The molecule has 0 spiro atoms. The number of benzene rings is 1. The van der Waals surface area contributed by atoms with Gasteiger partial charge in [0.25, 0.3) is 0 Å². The molecule has 2 atom stereocenters. The molecule has 2 aromatic heterocycles. The van der Waals surface area contributed by atoms with Crippen LogP contribution in [0.15, 0.2) is 36.4 Å². The van der Waals surface area contributed by atoms with Gasteiger partial charge in [0, 0.05) is 7.05 Å². The normalized spacial score (nSPS) is 20.5. The molecule has 39 heavy (non-hydrogen) atoms. The molecule has 0 radical (unpaired) electrons. The molecule has 1 amide bonds. The number of methoxy groups -OCH3 is 1. The Bertz CT molecular complexity index is 1460. The zero-order chi connectivity index (χ0) is 27.8. The molecule has 2 fully saturated rings. The molecule has 0 bridgehead atoms. The van der Waals surface area contributed by atoms with Crippen LogP contribution in [0.25, 0.3) is 5.52 Å². The number of alkyl halides is 3. The van der Waals surface area contributed by atoms with Crippen LogP contribution < -0.4 is 25.1 Å². The van der Waals surface area contributed by atoms with Crippen LogP contribution >= 0.6 is 0 Å². The molecule has 3 aromatic rings. The summed E-state index contributed by atoms with van der Waals surface area (Å²) in [6.45, 7) is 2.13. The molecule has 3 heterocycles. The van der Waals surface area contributed by atoms with Crippen LogP contribution in [0.1, 0.15) is 28.9 Å². The first-order valence-electron chi connectivity index (χ1n) is 12.5. The van der Waals surface area contributed by atoms with E-state index in [9.17, 15) is 18.0 Å². The van der Waals surface area contributed by atoms with E-state index in [1.54, 1.807) is 41.9 Å². The summed E-state index contributed by atoms with van der Waals surface area (Å²) >= 11 is -1.81. The first kappa shape index (κ1) is 27.2. The number of carbonyl (C=O) groups excluding carboxylic acids is 1. The fraction of sp³-hybridized carbons (Fsp3) is 0.407. The molecule has 1 saturated heterocycles. The number of hydrogen-bond acceptors (Lipinski definition) is 6. The number of ether oxygens (including phenoxy) is 1. The van der Waals surface area contributed by atoms with E-state index >= 15 is 0 Å². The van der Waals surface area contributed by atoms with E-state index in [0.29, 0.717) is 34.3 Å². The molecule has 3 N–H and O–H groups in total. The topological polar surface area (TPSA) is 82.9 Å². The second-order valence-corrected chi connectivity index (χ2v) is 12.0. The van der Waals surface area contributed by atoms with Crippen molar-refractivity contribution in [1.29, 1.82) is 0 Å². The Morgan fingerprint density at radius 2 is 2.13 bits per heavy atom. The van der Waals surface area contributed by atoms with Crippen LogP contribution in [0.3, 0.4) is 0 Å². The third-order valence-corrected chi connectivity index (χ3v) is 8.93. The summed E-state index contributed by atoms with van der Waals surface area (Å²) in [5.41, 5.74) is 1.57. The summed E-state index contributed by atoms with van der Waals surface area (Å²) in [7, 11) is 5.14. The summed E-state index contributed by atoms with van der Waals surface area (Å²) in [6.07, 6.45) is 2.03. The van der Waals surface area contributed by atoms with Crippen LogP contribution in [-0.2, 0) is 0 Å². The van der Waals surface area contributed by atoms with Crippen molar-refractivity contribution in [2.75, 3.05) is 51.5 Å². The molecule has 2 aliphatic rings. The zero-order valence-electron chi connectivity index (χ0n) is 21.8. The van der Waals surface area contributed by atoms with Gasteiger partial charge >= 0.3 is 224 Å². The van der Waals surface area contributed by atoms with E-state index in [4.69, 9.17) is 4.74 Å². The van der Waals surface area contributed by atoms with Gasteiger partial charge in [-0.1, -0.05) is 0 Å². The van der Waals surface area contributed by atoms with Crippen molar-refractivity contribution in [3.63, 3.8) is 0 Å². The number of carbonyl (C=O) groups is 1. The van der Waals surface area contributed by atoms with E-state index in [-0.39, 0.29) is 28.1 Å². The second kappa shape index (κ2) is 10.6. The fourth-order valence-corrected chi connectivity index (χ4v) is 6.51. The number of nitrogens with one attached hydrogen (secondary N) is 3. The van der Waals surface area contributed by atoms with Crippen molar-refractivity contribution in [3.05, 3.63) is 47.7 Å². The number of nitrogens with zero attached hydrogens (tertiary/aromatic N) is 3. The van der Waals surface area contributed by atoms with Gasteiger partial charge in [-0.25, -0.2) is 0 Å². The van der Waals surface area contributed by atoms with Crippen LogP contribution in [0.5, 0.6) is 5.75 Å². The SMILES string of the molecule is CNC(=O)c1ccc(NCC#Cc2nn3c(NC45CCN(C)CC4C5)cccc3c2[Se]C(F)(F)F)c(OC)c1.